The minimum atomic E-state index is -0.196. The van der Waals surface area contributed by atoms with E-state index in [1.807, 2.05) is 4.90 Å². The maximum absolute atomic E-state index is 13.0. The van der Waals surface area contributed by atoms with Crippen LogP contribution in [0.15, 0.2) is 0 Å². The van der Waals surface area contributed by atoms with Crippen molar-refractivity contribution >= 4 is 5.91 Å². The van der Waals surface area contributed by atoms with Crippen molar-refractivity contribution in [3.05, 3.63) is 0 Å². The first-order valence-electron chi connectivity index (χ1n) is 12.4. The molecule has 1 amide bonds. The summed E-state index contributed by atoms with van der Waals surface area (Å²) in [5.41, 5.74) is 0. The van der Waals surface area contributed by atoms with Gasteiger partial charge in [0.25, 0.3) is 0 Å². The lowest BCUT2D eigenvalue weighted by Crippen LogP contribution is -2.61. The van der Waals surface area contributed by atoms with Crippen molar-refractivity contribution in [3.8, 4) is 0 Å². The molecule has 0 aromatic carbocycles. The molecule has 6 heteroatoms. The minimum absolute atomic E-state index is 0.120. The van der Waals surface area contributed by atoms with Gasteiger partial charge in [-0.25, -0.2) is 0 Å². The minimum Gasteiger partial charge on any atom is -0.380 e. The van der Waals surface area contributed by atoms with Gasteiger partial charge in [-0.2, -0.15) is 0 Å². The average Bonchev–Trinajstić information content (AvgIpc) is 2.74. The number of unbranched alkanes of at least 4 members (excludes halogenated alkanes) is 4. The summed E-state index contributed by atoms with van der Waals surface area (Å²) in [7, 11) is 0. The lowest BCUT2D eigenvalue weighted by atomic mass is 9.95. The molecule has 0 aliphatic carbocycles. The largest absolute Gasteiger partial charge is 0.380 e. The van der Waals surface area contributed by atoms with Crippen molar-refractivity contribution in [2.45, 2.75) is 104 Å². The lowest BCUT2D eigenvalue weighted by molar-refractivity contribution is -0.174. The third-order valence-corrected chi connectivity index (χ3v) is 5.53. The number of amides is 1. The number of likely N-dealkylation sites (tertiary alicyclic amines) is 1. The molecule has 178 valence electrons. The maximum atomic E-state index is 13.0. The Morgan fingerprint density at radius 1 is 0.767 bits per heavy atom. The zero-order chi connectivity index (χ0) is 22.0. The Morgan fingerprint density at radius 3 is 1.97 bits per heavy atom. The third-order valence-electron chi connectivity index (χ3n) is 5.53. The molecule has 1 aliphatic heterocycles. The molecule has 30 heavy (non-hydrogen) atoms. The number of carbonyl (C=O) groups excluding carboxylic acids is 1. The van der Waals surface area contributed by atoms with E-state index >= 15 is 0 Å². The second-order valence-corrected chi connectivity index (χ2v) is 8.20. The van der Waals surface area contributed by atoms with Crippen LogP contribution in [0.25, 0.3) is 0 Å². The monoisotopic (exact) mass is 429 g/mol. The molecule has 6 nitrogen and oxygen atoms in total. The number of rotatable bonds is 19. The normalized spacial score (nSPS) is 22.1. The molecule has 0 spiro atoms. The summed E-state index contributed by atoms with van der Waals surface area (Å²) in [6, 6.07) is -0.124. The van der Waals surface area contributed by atoms with Gasteiger partial charge < -0.3 is 23.8 Å². The van der Waals surface area contributed by atoms with Gasteiger partial charge in [-0.05, 0) is 25.7 Å². The summed E-state index contributed by atoms with van der Waals surface area (Å²) in [4.78, 5) is 14.9. The van der Waals surface area contributed by atoms with Crippen LogP contribution in [0.3, 0.4) is 0 Å². The number of carbonyl (C=O) groups is 1. The topological polar surface area (TPSA) is 57.2 Å². The molecule has 1 fully saturated rings. The van der Waals surface area contributed by atoms with Gasteiger partial charge in [0.05, 0.1) is 31.8 Å². The molecule has 0 aromatic heterocycles. The summed E-state index contributed by atoms with van der Waals surface area (Å²) in [5.74, 6) is 0.120. The molecule has 1 aliphatic rings. The van der Waals surface area contributed by atoms with Crippen LogP contribution in [-0.2, 0) is 23.7 Å². The summed E-state index contributed by atoms with van der Waals surface area (Å²) < 4.78 is 24.2. The van der Waals surface area contributed by atoms with Crippen LogP contribution >= 0.6 is 0 Å². The predicted octanol–water partition coefficient (Wildman–Crippen LogP) is 4.59. The van der Waals surface area contributed by atoms with Gasteiger partial charge in [-0.15, -0.1) is 0 Å². The highest BCUT2D eigenvalue weighted by atomic mass is 16.5. The van der Waals surface area contributed by atoms with E-state index in [4.69, 9.17) is 18.9 Å². The van der Waals surface area contributed by atoms with Crippen molar-refractivity contribution in [2.75, 3.05) is 46.2 Å². The Kier molecular flexibility index (Phi) is 16.3. The van der Waals surface area contributed by atoms with Crippen molar-refractivity contribution in [1.29, 1.82) is 0 Å². The summed E-state index contributed by atoms with van der Waals surface area (Å²) in [6.45, 7) is 13.1. The molecule has 3 atom stereocenters. The standard InChI is InChI=1S/C24H47NO5/c1-5-9-14-27-18-13-25-21(20-28-15-10-6-2)24(30-17-12-8-4)22(19-23(25)26)29-16-11-7-3/h21-22,24H,5-20H2,1-4H3. The highest BCUT2D eigenvalue weighted by Gasteiger charge is 2.43. The highest BCUT2D eigenvalue weighted by Crippen LogP contribution is 2.26. The van der Waals surface area contributed by atoms with Crippen LogP contribution in [0.2, 0.25) is 0 Å². The van der Waals surface area contributed by atoms with Crippen LogP contribution in [0.1, 0.15) is 85.5 Å². The Balaban J connectivity index is 2.84. The number of hydrogen-bond donors (Lipinski definition) is 0. The lowest BCUT2D eigenvalue weighted by Gasteiger charge is -2.44. The van der Waals surface area contributed by atoms with E-state index in [1.54, 1.807) is 0 Å². The van der Waals surface area contributed by atoms with Crippen LogP contribution in [0, 0.1) is 0 Å². The summed E-state index contributed by atoms with van der Waals surface area (Å²) in [5, 5.41) is 0. The Hall–Kier alpha value is -0.690. The van der Waals surface area contributed by atoms with E-state index in [2.05, 4.69) is 27.7 Å². The fraction of sp³-hybridized carbons (Fsp3) is 0.958. The van der Waals surface area contributed by atoms with Crippen molar-refractivity contribution in [1.82, 2.24) is 4.90 Å². The van der Waals surface area contributed by atoms with Crippen molar-refractivity contribution < 1.29 is 23.7 Å². The maximum Gasteiger partial charge on any atom is 0.225 e. The quantitative estimate of drug-likeness (QED) is 0.281. The third kappa shape index (κ3) is 10.6. The second-order valence-electron chi connectivity index (χ2n) is 8.20. The van der Waals surface area contributed by atoms with E-state index < -0.39 is 0 Å². The molecule has 0 saturated carbocycles. The highest BCUT2D eigenvalue weighted by molar-refractivity contribution is 5.78. The fourth-order valence-corrected chi connectivity index (χ4v) is 3.57. The van der Waals surface area contributed by atoms with Gasteiger partial charge in [0.2, 0.25) is 5.91 Å². The molecule has 0 bridgehead atoms. The molecular formula is C24H47NO5. The average molecular weight is 430 g/mol. The molecule has 1 heterocycles. The first-order chi connectivity index (χ1) is 14.7. The first kappa shape index (κ1) is 27.3. The Labute approximate surface area is 185 Å². The smallest absolute Gasteiger partial charge is 0.225 e. The second kappa shape index (κ2) is 17.9. The van der Waals surface area contributed by atoms with Gasteiger partial charge in [0, 0.05) is 33.0 Å². The Morgan fingerprint density at radius 2 is 1.33 bits per heavy atom. The molecular weight excluding hydrogens is 382 g/mol. The fourth-order valence-electron chi connectivity index (χ4n) is 3.57. The molecule has 1 saturated heterocycles. The van der Waals surface area contributed by atoms with E-state index in [1.165, 1.54) is 0 Å². The van der Waals surface area contributed by atoms with Gasteiger partial charge >= 0.3 is 0 Å². The van der Waals surface area contributed by atoms with Gasteiger partial charge in [0.1, 0.15) is 6.10 Å². The van der Waals surface area contributed by atoms with Gasteiger partial charge in [0.15, 0.2) is 0 Å². The van der Waals surface area contributed by atoms with E-state index in [0.717, 1.165) is 58.0 Å². The molecule has 0 radical (unpaired) electrons. The molecule has 1 rings (SSSR count). The molecule has 0 aromatic rings. The van der Waals surface area contributed by atoms with E-state index in [0.29, 0.717) is 46.0 Å². The molecule has 3 unspecified atom stereocenters. The summed E-state index contributed by atoms with van der Waals surface area (Å²) in [6.07, 6.45) is 8.48. The number of piperidine rings is 1. The zero-order valence-electron chi connectivity index (χ0n) is 20.0. The van der Waals surface area contributed by atoms with Crippen LogP contribution in [-0.4, -0.2) is 75.2 Å². The summed E-state index contributed by atoms with van der Waals surface area (Å²) >= 11 is 0. The van der Waals surface area contributed by atoms with E-state index in [-0.39, 0.29) is 24.2 Å². The Bertz CT molecular complexity index is 420. The van der Waals surface area contributed by atoms with Gasteiger partial charge in [-0.3, -0.25) is 4.79 Å². The number of ether oxygens (including phenoxy) is 4. The van der Waals surface area contributed by atoms with Crippen LogP contribution in [0.4, 0.5) is 0 Å². The zero-order valence-corrected chi connectivity index (χ0v) is 20.0. The van der Waals surface area contributed by atoms with Gasteiger partial charge in [-0.1, -0.05) is 53.4 Å². The predicted molar refractivity (Wildman–Crippen MR) is 121 cm³/mol. The van der Waals surface area contributed by atoms with E-state index in [9.17, 15) is 4.79 Å². The SMILES string of the molecule is CCCCOCCN1C(=O)CC(OCCCC)C(OCCCC)C1COCCCC. The van der Waals surface area contributed by atoms with Crippen molar-refractivity contribution in [2.24, 2.45) is 0 Å². The number of hydrogen-bond acceptors (Lipinski definition) is 5. The first-order valence-corrected chi connectivity index (χ1v) is 12.4. The number of nitrogens with zero attached hydrogens (tertiary/aromatic N) is 1. The van der Waals surface area contributed by atoms with Crippen LogP contribution < -0.4 is 0 Å². The molecule has 0 N–H and O–H groups in total. The van der Waals surface area contributed by atoms with Crippen LogP contribution in [0.5, 0.6) is 0 Å². The van der Waals surface area contributed by atoms with Crippen molar-refractivity contribution in [3.63, 3.8) is 0 Å².